The number of carbonyl (C=O) groups is 1. The van der Waals surface area contributed by atoms with Crippen molar-refractivity contribution in [3.05, 3.63) is 0 Å². The molecule has 0 spiro atoms. The highest BCUT2D eigenvalue weighted by atomic mass is 35.5. The van der Waals surface area contributed by atoms with Crippen molar-refractivity contribution in [3.63, 3.8) is 0 Å². The van der Waals surface area contributed by atoms with Gasteiger partial charge in [0.25, 0.3) is 0 Å². The molecule has 0 radical (unpaired) electrons. The van der Waals surface area contributed by atoms with Gasteiger partial charge in [0.2, 0.25) is 11.8 Å². The number of nitrogens with one attached hydrogen (secondary N) is 1. The number of amides is 1. The van der Waals surface area contributed by atoms with Crippen molar-refractivity contribution in [3.8, 4) is 0 Å². The van der Waals surface area contributed by atoms with E-state index in [0.29, 0.717) is 31.2 Å². The van der Waals surface area contributed by atoms with Gasteiger partial charge >= 0.3 is 0 Å². The molecule has 2 unspecified atom stereocenters. The van der Waals surface area contributed by atoms with E-state index in [1.165, 1.54) is 0 Å². The quantitative estimate of drug-likeness (QED) is 0.585. The minimum absolute atomic E-state index is 0.0793. The third kappa shape index (κ3) is 5.51. The van der Waals surface area contributed by atoms with Gasteiger partial charge in [0.05, 0.1) is 0 Å². The Labute approximate surface area is 112 Å². The second-order valence-corrected chi connectivity index (χ2v) is 5.65. The molecule has 1 N–H and O–H groups in total. The van der Waals surface area contributed by atoms with Crippen LogP contribution in [0.3, 0.4) is 0 Å². The molecule has 1 rings (SSSR count). The van der Waals surface area contributed by atoms with Crippen LogP contribution in [0.15, 0.2) is 0 Å². The monoisotopic (exact) mass is 281 g/mol. The van der Waals surface area contributed by atoms with E-state index in [-0.39, 0.29) is 18.7 Å². The van der Waals surface area contributed by atoms with Crippen LogP contribution in [0, 0.1) is 11.8 Å². The predicted molar refractivity (Wildman–Crippen MR) is 69.0 cm³/mol. The smallest absolute Gasteiger partial charge is 0.248 e. The number of carbonyl (C=O) groups excluding carboxylic acids is 1. The SMILES string of the molecule is CC(CCl)CCCNC(=O)C1CCCC(F)(F)C1. The van der Waals surface area contributed by atoms with E-state index in [0.717, 1.165) is 12.8 Å². The molecule has 0 aromatic rings. The van der Waals surface area contributed by atoms with Crippen LogP contribution in [0.4, 0.5) is 8.78 Å². The summed E-state index contributed by atoms with van der Waals surface area (Å²) in [6.07, 6.45) is 2.45. The summed E-state index contributed by atoms with van der Waals surface area (Å²) in [5.41, 5.74) is 0. The highest BCUT2D eigenvalue weighted by Gasteiger charge is 2.38. The molecule has 2 atom stereocenters. The molecule has 106 valence electrons. The standard InChI is InChI=1S/C13H22ClF2NO/c1-10(9-14)4-3-7-17-12(18)11-5-2-6-13(15,16)8-11/h10-11H,2-9H2,1H3,(H,17,18). The summed E-state index contributed by atoms with van der Waals surface area (Å²) in [5.74, 6) is -2.34. The van der Waals surface area contributed by atoms with Gasteiger partial charge in [-0.3, -0.25) is 4.79 Å². The van der Waals surface area contributed by atoms with Crippen molar-refractivity contribution < 1.29 is 13.6 Å². The van der Waals surface area contributed by atoms with Gasteiger partial charge in [0, 0.05) is 31.2 Å². The molecule has 2 nitrogen and oxygen atoms in total. The molecule has 1 fully saturated rings. The van der Waals surface area contributed by atoms with E-state index in [1.807, 2.05) is 0 Å². The molecule has 0 heterocycles. The van der Waals surface area contributed by atoms with E-state index < -0.39 is 11.8 Å². The lowest BCUT2D eigenvalue weighted by Gasteiger charge is -2.28. The first-order chi connectivity index (χ1) is 8.44. The highest BCUT2D eigenvalue weighted by Crippen LogP contribution is 2.36. The van der Waals surface area contributed by atoms with Crippen LogP contribution >= 0.6 is 11.6 Å². The minimum Gasteiger partial charge on any atom is -0.356 e. The Bertz CT molecular complexity index is 274. The van der Waals surface area contributed by atoms with Crippen molar-refractivity contribution in [1.82, 2.24) is 5.32 Å². The molecule has 0 aliphatic heterocycles. The van der Waals surface area contributed by atoms with Crippen LogP contribution in [0.1, 0.15) is 45.4 Å². The summed E-state index contributed by atoms with van der Waals surface area (Å²) >= 11 is 5.68. The first-order valence-electron chi connectivity index (χ1n) is 6.66. The second kappa shape index (κ2) is 7.27. The molecule has 1 aliphatic rings. The molecule has 18 heavy (non-hydrogen) atoms. The number of hydrogen-bond donors (Lipinski definition) is 1. The Hall–Kier alpha value is -0.380. The second-order valence-electron chi connectivity index (χ2n) is 5.34. The van der Waals surface area contributed by atoms with Gasteiger partial charge in [0.1, 0.15) is 0 Å². The average Bonchev–Trinajstić information content (AvgIpc) is 2.32. The van der Waals surface area contributed by atoms with Gasteiger partial charge < -0.3 is 5.32 Å². The van der Waals surface area contributed by atoms with Crippen LogP contribution in [0.25, 0.3) is 0 Å². The molecule has 0 aromatic carbocycles. The first-order valence-corrected chi connectivity index (χ1v) is 7.19. The van der Waals surface area contributed by atoms with Gasteiger partial charge in [0.15, 0.2) is 0 Å². The summed E-state index contributed by atoms with van der Waals surface area (Å²) in [6.45, 7) is 2.61. The largest absolute Gasteiger partial charge is 0.356 e. The molecule has 1 saturated carbocycles. The van der Waals surface area contributed by atoms with Crippen molar-refractivity contribution in [2.24, 2.45) is 11.8 Å². The maximum atomic E-state index is 13.2. The van der Waals surface area contributed by atoms with Crippen LogP contribution in [-0.4, -0.2) is 24.3 Å². The average molecular weight is 282 g/mol. The lowest BCUT2D eigenvalue weighted by atomic mass is 9.86. The Morgan fingerprint density at radius 2 is 2.28 bits per heavy atom. The lowest BCUT2D eigenvalue weighted by molar-refractivity contribution is -0.132. The summed E-state index contributed by atoms with van der Waals surface area (Å²) in [6, 6.07) is 0. The topological polar surface area (TPSA) is 29.1 Å². The van der Waals surface area contributed by atoms with Gasteiger partial charge in [-0.1, -0.05) is 6.92 Å². The van der Waals surface area contributed by atoms with Gasteiger partial charge in [-0.2, -0.15) is 0 Å². The molecule has 0 aromatic heterocycles. The van der Waals surface area contributed by atoms with Gasteiger partial charge in [-0.15, -0.1) is 11.6 Å². The van der Waals surface area contributed by atoms with E-state index in [9.17, 15) is 13.6 Å². The fourth-order valence-electron chi connectivity index (χ4n) is 2.28. The number of alkyl halides is 3. The molecule has 1 aliphatic carbocycles. The Morgan fingerprint density at radius 1 is 1.56 bits per heavy atom. The minimum atomic E-state index is -2.66. The van der Waals surface area contributed by atoms with Crippen molar-refractivity contribution >= 4 is 17.5 Å². The maximum Gasteiger partial charge on any atom is 0.248 e. The maximum absolute atomic E-state index is 13.2. The van der Waals surface area contributed by atoms with E-state index in [1.54, 1.807) is 0 Å². The zero-order chi connectivity index (χ0) is 13.6. The van der Waals surface area contributed by atoms with Crippen LogP contribution in [0.5, 0.6) is 0 Å². The predicted octanol–water partition coefficient (Wildman–Crippen LogP) is 3.58. The molecular formula is C13H22ClF2NO. The fourth-order valence-corrected chi connectivity index (χ4v) is 2.43. The summed E-state index contributed by atoms with van der Waals surface area (Å²) in [7, 11) is 0. The van der Waals surface area contributed by atoms with E-state index >= 15 is 0 Å². The third-order valence-corrected chi connectivity index (χ3v) is 3.97. The number of rotatable bonds is 6. The van der Waals surface area contributed by atoms with Crippen molar-refractivity contribution in [1.29, 1.82) is 0 Å². The first kappa shape index (κ1) is 15.7. The van der Waals surface area contributed by atoms with Gasteiger partial charge in [-0.05, 0) is 31.6 Å². The molecule has 0 saturated heterocycles. The third-order valence-electron chi connectivity index (χ3n) is 3.45. The van der Waals surface area contributed by atoms with Crippen LogP contribution < -0.4 is 5.32 Å². The van der Waals surface area contributed by atoms with Gasteiger partial charge in [-0.25, -0.2) is 8.78 Å². The van der Waals surface area contributed by atoms with Crippen molar-refractivity contribution in [2.75, 3.05) is 12.4 Å². The Morgan fingerprint density at radius 3 is 2.89 bits per heavy atom. The summed E-state index contributed by atoms with van der Waals surface area (Å²) in [5, 5.41) is 2.75. The Kier molecular flexibility index (Phi) is 6.33. The van der Waals surface area contributed by atoms with E-state index in [4.69, 9.17) is 11.6 Å². The Balaban J connectivity index is 2.20. The van der Waals surface area contributed by atoms with Crippen LogP contribution in [-0.2, 0) is 4.79 Å². The van der Waals surface area contributed by atoms with Crippen LogP contribution in [0.2, 0.25) is 0 Å². The molecule has 1 amide bonds. The highest BCUT2D eigenvalue weighted by molar-refractivity contribution is 6.18. The fraction of sp³-hybridized carbons (Fsp3) is 0.923. The summed E-state index contributed by atoms with van der Waals surface area (Å²) < 4.78 is 26.3. The van der Waals surface area contributed by atoms with Crippen molar-refractivity contribution in [2.45, 2.75) is 51.4 Å². The van der Waals surface area contributed by atoms with E-state index in [2.05, 4.69) is 12.2 Å². The lowest BCUT2D eigenvalue weighted by Crippen LogP contribution is -2.37. The number of halogens is 3. The summed E-state index contributed by atoms with van der Waals surface area (Å²) in [4.78, 5) is 11.7. The number of hydrogen-bond acceptors (Lipinski definition) is 1. The zero-order valence-corrected chi connectivity index (χ0v) is 11.6. The molecule has 5 heteroatoms. The zero-order valence-electron chi connectivity index (χ0n) is 10.9. The normalized spacial score (nSPS) is 24.6. The molecule has 0 bridgehead atoms. The molecular weight excluding hydrogens is 260 g/mol.